The van der Waals surface area contributed by atoms with Crippen LogP contribution in [-0.2, 0) is 4.74 Å². The molecule has 0 bridgehead atoms. The molecule has 1 aromatic heterocycles. The molecule has 0 fully saturated rings. The van der Waals surface area contributed by atoms with Crippen molar-refractivity contribution in [2.24, 2.45) is 0 Å². The molecule has 1 heterocycles. The summed E-state index contributed by atoms with van der Waals surface area (Å²) in [5, 5.41) is 9.60. The highest BCUT2D eigenvalue weighted by Gasteiger charge is 2.27. The predicted octanol–water partition coefficient (Wildman–Crippen LogP) is 2.19. The van der Waals surface area contributed by atoms with Crippen LogP contribution in [0.25, 0.3) is 0 Å². The number of hydrogen-bond donors (Lipinski definition) is 2. The van der Waals surface area contributed by atoms with Gasteiger partial charge in [-0.05, 0) is 12.2 Å². The molecule has 1 rings (SSSR count). The Bertz CT molecular complexity index is 348. The number of rotatable bonds is 5. The minimum atomic E-state index is -4.28. The molecule has 0 saturated heterocycles. The largest absolute Gasteiger partial charge is 0.411 e. The van der Waals surface area contributed by atoms with Gasteiger partial charge in [0.25, 0.3) is 0 Å². The van der Waals surface area contributed by atoms with Gasteiger partial charge in [-0.3, -0.25) is 5.10 Å². The number of alkyl halides is 3. The molecule has 4 nitrogen and oxygen atoms in total. The highest BCUT2D eigenvalue weighted by Crippen LogP contribution is 2.14. The third kappa shape index (κ3) is 5.70. The minimum Gasteiger partial charge on any atom is -0.370 e. The third-order valence-electron chi connectivity index (χ3n) is 1.23. The first kappa shape index (κ1) is 12.4. The van der Waals surface area contributed by atoms with Crippen LogP contribution < -0.4 is 5.32 Å². The van der Waals surface area contributed by atoms with Crippen molar-refractivity contribution < 1.29 is 17.9 Å². The molecule has 1 aromatic rings. The first-order chi connectivity index (χ1) is 6.97. The third-order valence-corrected chi connectivity index (χ3v) is 2.27. The van der Waals surface area contributed by atoms with Crippen molar-refractivity contribution in [1.82, 2.24) is 10.2 Å². The Kier molecular flexibility index (Phi) is 4.48. The molecule has 15 heavy (non-hydrogen) atoms. The van der Waals surface area contributed by atoms with Gasteiger partial charge < -0.3 is 10.1 Å². The van der Waals surface area contributed by atoms with E-state index >= 15 is 0 Å². The fourth-order valence-corrected chi connectivity index (χ4v) is 1.54. The van der Waals surface area contributed by atoms with E-state index in [-0.39, 0.29) is 13.2 Å². The average Bonchev–Trinajstić information content (AvgIpc) is 2.49. The summed E-state index contributed by atoms with van der Waals surface area (Å²) in [6, 6.07) is 0. The lowest BCUT2D eigenvalue weighted by Crippen LogP contribution is -2.20. The number of ether oxygens (including phenoxy) is 1. The number of nitrogens with zero attached hydrogens (tertiary/aromatic N) is 1. The molecule has 0 spiro atoms. The van der Waals surface area contributed by atoms with E-state index in [0.29, 0.717) is 9.09 Å². The molecule has 0 aromatic carbocycles. The summed E-state index contributed by atoms with van der Waals surface area (Å²) >= 11 is 5.97. The number of hydrogen-bond acceptors (Lipinski definition) is 5. The number of anilines is 1. The summed E-state index contributed by atoms with van der Waals surface area (Å²) in [4.78, 5) is 0. The van der Waals surface area contributed by atoms with E-state index in [9.17, 15) is 13.2 Å². The molecule has 9 heteroatoms. The maximum atomic E-state index is 11.6. The summed E-state index contributed by atoms with van der Waals surface area (Å²) in [5.41, 5.74) is 0. The fraction of sp³-hybridized carbons (Fsp3) is 0.667. The van der Waals surface area contributed by atoms with Crippen LogP contribution >= 0.6 is 23.6 Å². The van der Waals surface area contributed by atoms with Crippen molar-refractivity contribution in [1.29, 1.82) is 0 Å². The molecule has 0 amide bonds. The van der Waals surface area contributed by atoms with Crippen molar-refractivity contribution in [2.45, 2.75) is 6.18 Å². The van der Waals surface area contributed by atoms with Crippen LogP contribution in [0.15, 0.2) is 0 Å². The first-order valence-corrected chi connectivity index (χ1v) is 5.14. The van der Waals surface area contributed by atoms with Crippen molar-refractivity contribution >= 4 is 28.7 Å². The van der Waals surface area contributed by atoms with Gasteiger partial charge in [0.1, 0.15) is 6.61 Å². The van der Waals surface area contributed by atoms with E-state index in [0.717, 1.165) is 0 Å². The van der Waals surface area contributed by atoms with Gasteiger partial charge in [-0.25, -0.2) is 0 Å². The number of halogens is 3. The van der Waals surface area contributed by atoms with Crippen molar-refractivity contribution in [3.8, 4) is 0 Å². The van der Waals surface area contributed by atoms with Crippen LogP contribution in [0.1, 0.15) is 0 Å². The van der Waals surface area contributed by atoms with Crippen molar-refractivity contribution in [2.75, 3.05) is 25.1 Å². The summed E-state index contributed by atoms with van der Waals surface area (Å²) in [6.45, 7) is -1.01. The monoisotopic (exact) mass is 259 g/mol. The quantitative estimate of drug-likeness (QED) is 0.628. The molecular weight excluding hydrogens is 251 g/mol. The van der Waals surface area contributed by atoms with Crippen LogP contribution in [-0.4, -0.2) is 36.1 Å². The second-order valence-electron chi connectivity index (χ2n) is 2.51. The lowest BCUT2D eigenvalue weighted by molar-refractivity contribution is -0.172. The zero-order valence-corrected chi connectivity index (χ0v) is 9.06. The highest BCUT2D eigenvalue weighted by molar-refractivity contribution is 7.73. The SMILES string of the molecule is FC(F)(F)COCCNc1n[nH]c(=S)s1. The molecule has 0 aliphatic carbocycles. The van der Waals surface area contributed by atoms with E-state index in [1.54, 1.807) is 0 Å². The van der Waals surface area contributed by atoms with Gasteiger partial charge in [0.05, 0.1) is 6.61 Å². The van der Waals surface area contributed by atoms with Crippen molar-refractivity contribution in [3.63, 3.8) is 0 Å². The van der Waals surface area contributed by atoms with Crippen LogP contribution in [0.3, 0.4) is 0 Å². The van der Waals surface area contributed by atoms with E-state index in [1.165, 1.54) is 11.3 Å². The Labute approximate surface area is 92.5 Å². The van der Waals surface area contributed by atoms with E-state index in [1.807, 2.05) is 0 Å². The molecule has 0 unspecified atom stereocenters. The molecule has 0 radical (unpaired) electrons. The molecular formula is C6H8F3N3OS2. The molecule has 86 valence electrons. The molecule has 2 N–H and O–H groups in total. The lowest BCUT2D eigenvalue weighted by atomic mass is 10.6. The Morgan fingerprint density at radius 3 is 2.80 bits per heavy atom. The zero-order valence-electron chi connectivity index (χ0n) is 7.43. The Balaban J connectivity index is 2.10. The summed E-state index contributed by atoms with van der Waals surface area (Å²) < 4.78 is 39.8. The first-order valence-electron chi connectivity index (χ1n) is 3.91. The summed E-state index contributed by atoms with van der Waals surface area (Å²) in [5.74, 6) is 0. The van der Waals surface area contributed by atoms with Crippen molar-refractivity contribution in [3.05, 3.63) is 3.95 Å². The van der Waals surface area contributed by atoms with Crippen LogP contribution in [0, 0.1) is 3.95 Å². The fourth-order valence-electron chi connectivity index (χ4n) is 0.724. The van der Waals surface area contributed by atoms with Gasteiger partial charge in [-0.2, -0.15) is 13.2 Å². The van der Waals surface area contributed by atoms with Gasteiger partial charge in [0.15, 0.2) is 3.95 Å². The Hall–Kier alpha value is -0.670. The van der Waals surface area contributed by atoms with Gasteiger partial charge in [0.2, 0.25) is 5.13 Å². The number of aromatic nitrogens is 2. The summed E-state index contributed by atoms with van der Waals surface area (Å²) in [6.07, 6.45) is -4.28. The Morgan fingerprint density at radius 2 is 2.27 bits per heavy atom. The Morgan fingerprint density at radius 1 is 1.53 bits per heavy atom. The maximum absolute atomic E-state index is 11.6. The average molecular weight is 259 g/mol. The van der Waals surface area contributed by atoms with Gasteiger partial charge >= 0.3 is 6.18 Å². The topological polar surface area (TPSA) is 49.9 Å². The second-order valence-corrected chi connectivity index (χ2v) is 4.18. The maximum Gasteiger partial charge on any atom is 0.411 e. The van der Waals surface area contributed by atoms with Crippen LogP contribution in [0.2, 0.25) is 0 Å². The van der Waals surface area contributed by atoms with Gasteiger partial charge in [0, 0.05) is 6.54 Å². The molecule has 0 aliphatic rings. The number of H-pyrrole nitrogens is 1. The minimum absolute atomic E-state index is 0.0359. The predicted molar refractivity (Wildman–Crippen MR) is 52.7 cm³/mol. The highest BCUT2D eigenvalue weighted by atomic mass is 32.1. The molecule has 0 atom stereocenters. The van der Waals surface area contributed by atoms with Crippen LogP contribution in [0.4, 0.5) is 18.3 Å². The lowest BCUT2D eigenvalue weighted by Gasteiger charge is -2.07. The number of nitrogens with one attached hydrogen (secondary N) is 2. The normalized spacial score (nSPS) is 11.7. The molecule has 0 aliphatic heterocycles. The second kappa shape index (κ2) is 5.42. The summed E-state index contributed by atoms with van der Waals surface area (Å²) in [7, 11) is 0. The van der Waals surface area contributed by atoms with Gasteiger partial charge in [-0.15, -0.1) is 5.10 Å². The van der Waals surface area contributed by atoms with E-state index in [2.05, 4.69) is 20.3 Å². The smallest absolute Gasteiger partial charge is 0.370 e. The van der Waals surface area contributed by atoms with E-state index in [4.69, 9.17) is 12.2 Å². The standard InChI is InChI=1S/C6H8F3N3OS2/c7-6(8,9)3-13-2-1-10-4-11-12-5(14)15-4/h1-3H2,(H,10,11)(H,12,14). The number of aromatic amines is 1. The van der Waals surface area contributed by atoms with Crippen LogP contribution in [0.5, 0.6) is 0 Å². The van der Waals surface area contributed by atoms with E-state index < -0.39 is 12.8 Å². The molecule has 0 saturated carbocycles. The van der Waals surface area contributed by atoms with Gasteiger partial charge in [-0.1, -0.05) is 11.3 Å². The zero-order chi connectivity index (χ0) is 11.3.